The third-order valence-electron chi connectivity index (χ3n) is 7.91. The van der Waals surface area contributed by atoms with Crippen LogP contribution in [0.1, 0.15) is 41.2 Å². The fourth-order valence-corrected chi connectivity index (χ4v) is 6.19. The van der Waals surface area contributed by atoms with E-state index >= 15 is 0 Å². The van der Waals surface area contributed by atoms with Gasteiger partial charge in [0.15, 0.2) is 0 Å². The van der Waals surface area contributed by atoms with Crippen molar-refractivity contribution >= 4 is 28.6 Å². The maximum absolute atomic E-state index is 14.1. The molecule has 2 unspecified atom stereocenters. The van der Waals surface area contributed by atoms with Crippen LogP contribution in [0.2, 0.25) is 0 Å². The van der Waals surface area contributed by atoms with Gasteiger partial charge in [-0.1, -0.05) is 36.4 Å². The number of nitrogens with two attached hydrogens (primary N) is 1. The smallest absolute Gasteiger partial charge is 0.271 e. The molecule has 2 saturated heterocycles. The quantitative estimate of drug-likeness (QED) is 0.458. The second-order valence-corrected chi connectivity index (χ2v) is 9.70. The number of amides is 3. The van der Waals surface area contributed by atoms with Crippen LogP contribution in [0.4, 0.5) is 0 Å². The van der Waals surface area contributed by atoms with E-state index in [0.29, 0.717) is 30.7 Å². The second kappa shape index (κ2) is 9.62. The number of aromatic amines is 1. The summed E-state index contributed by atoms with van der Waals surface area (Å²) in [6.45, 7) is 0.760. The third kappa shape index (κ3) is 3.89. The number of primary amides is 1. The van der Waals surface area contributed by atoms with Crippen LogP contribution >= 0.6 is 0 Å². The first-order valence-electron chi connectivity index (χ1n) is 12.4. The van der Waals surface area contributed by atoms with Crippen LogP contribution < -0.4 is 15.8 Å². The topological polar surface area (TPSA) is 141 Å². The van der Waals surface area contributed by atoms with Crippen molar-refractivity contribution in [2.45, 2.75) is 30.7 Å². The number of aromatic nitrogens is 1. The van der Waals surface area contributed by atoms with E-state index in [2.05, 4.69) is 16.4 Å². The molecule has 9 heteroatoms. The highest BCUT2D eigenvalue weighted by molar-refractivity contribution is 6.03. The van der Waals surface area contributed by atoms with E-state index in [1.165, 1.54) is 4.90 Å². The molecule has 3 amide bonds. The van der Waals surface area contributed by atoms with E-state index in [1.807, 2.05) is 42.5 Å². The molecule has 0 spiro atoms. The van der Waals surface area contributed by atoms with Gasteiger partial charge in [-0.05, 0) is 43.0 Å². The minimum absolute atomic E-state index is 0.138. The Morgan fingerprint density at radius 1 is 1.22 bits per heavy atom. The zero-order valence-electron chi connectivity index (χ0n) is 20.6. The molecule has 5 rings (SSSR count). The summed E-state index contributed by atoms with van der Waals surface area (Å²) in [6.07, 6.45) is 1.16. The van der Waals surface area contributed by atoms with E-state index in [1.54, 1.807) is 19.2 Å². The van der Waals surface area contributed by atoms with Gasteiger partial charge in [0.1, 0.15) is 17.0 Å². The number of nitrogens with zero attached hydrogens (tertiary/aromatic N) is 2. The predicted molar refractivity (Wildman–Crippen MR) is 136 cm³/mol. The van der Waals surface area contributed by atoms with E-state index in [9.17, 15) is 19.6 Å². The highest BCUT2D eigenvalue weighted by Gasteiger charge is 2.61. The number of nitriles is 1. The molecule has 2 fully saturated rings. The molecule has 2 aliphatic rings. The SMILES string of the molecule is COc1cccc2[nH]c(C(=O)N3CCC(c4ccccc4)C3(C(N)=O)[C@@H](C#N)C[C@H]3CCNC3=O)cc12. The fourth-order valence-electron chi connectivity index (χ4n) is 6.19. The van der Waals surface area contributed by atoms with Gasteiger partial charge >= 0.3 is 0 Å². The number of hydrogen-bond donors (Lipinski definition) is 3. The van der Waals surface area contributed by atoms with Crippen LogP contribution in [0.3, 0.4) is 0 Å². The summed E-state index contributed by atoms with van der Waals surface area (Å²) in [7, 11) is 1.56. The molecule has 0 aliphatic carbocycles. The van der Waals surface area contributed by atoms with E-state index in [-0.39, 0.29) is 24.6 Å². The molecule has 9 nitrogen and oxygen atoms in total. The van der Waals surface area contributed by atoms with Crippen molar-refractivity contribution < 1.29 is 19.1 Å². The summed E-state index contributed by atoms with van der Waals surface area (Å²) in [4.78, 5) is 44.7. The lowest BCUT2D eigenvalue weighted by atomic mass is 9.68. The van der Waals surface area contributed by atoms with Gasteiger partial charge in [0, 0.05) is 35.8 Å². The Labute approximate surface area is 214 Å². The highest BCUT2D eigenvalue weighted by atomic mass is 16.5. The molecule has 0 radical (unpaired) electrons. The number of fused-ring (bicyclic) bond motifs is 1. The lowest BCUT2D eigenvalue weighted by molar-refractivity contribution is -0.132. The minimum Gasteiger partial charge on any atom is -0.496 e. The summed E-state index contributed by atoms with van der Waals surface area (Å²) in [5.74, 6) is -2.60. The molecule has 0 saturated carbocycles. The molecule has 190 valence electrons. The number of rotatable bonds is 7. The van der Waals surface area contributed by atoms with Crippen LogP contribution in [-0.4, -0.2) is 53.3 Å². The van der Waals surface area contributed by atoms with Gasteiger partial charge in [0.05, 0.1) is 19.1 Å². The van der Waals surface area contributed by atoms with Gasteiger partial charge in [0.2, 0.25) is 11.8 Å². The number of likely N-dealkylation sites (tertiary alicyclic amines) is 1. The molecule has 37 heavy (non-hydrogen) atoms. The monoisotopic (exact) mass is 499 g/mol. The maximum Gasteiger partial charge on any atom is 0.271 e. The van der Waals surface area contributed by atoms with Crippen molar-refractivity contribution in [3.05, 3.63) is 65.9 Å². The molecule has 4 atom stereocenters. The summed E-state index contributed by atoms with van der Waals surface area (Å²) in [5, 5.41) is 13.9. The Balaban J connectivity index is 1.63. The normalized spacial score (nSPS) is 24.0. The molecule has 4 N–H and O–H groups in total. The van der Waals surface area contributed by atoms with Gasteiger partial charge < -0.3 is 25.7 Å². The lowest BCUT2D eigenvalue weighted by Gasteiger charge is -2.43. The largest absolute Gasteiger partial charge is 0.496 e. The Hall–Kier alpha value is -4.32. The Morgan fingerprint density at radius 3 is 2.65 bits per heavy atom. The number of H-pyrrole nitrogens is 1. The average Bonchev–Trinajstić information content (AvgIpc) is 3.64. The predicted octanol–water partition coefficient (Wildman–Crippen LogP) is 2.70. The number of carbonyl (C=O) groups excluding carboxylic acids is 3. The van der Waals surface area contributed by atoms with Gasteiger partial charge in [0.25, 0.3) is 5.91 Å². The van der Waals surface area contributed by atoms with Crippen molar-refractivity contribution in [3.63, 3.8) is 0 Å². The molecular weight excluding hydrogens is 470 g/mol. The summed E-state index contributed by atoms with van der Waals surface area (Å²) in [5.41, 5.74) is 6.34. The first kappa shape index (κ1) is 24.4. The number of methoxy groups -OCH3 is 1. The van der Waals surface area contributed by atoms with Crippen molar-refractivity contribution in [2.24, 2.45) is 17.6 Å². The maximum atomic E-state index is 14.1. The lowest BCUT2D eigenvalue weighted by Crippen LogP contribution is -2.63. The molecular formula is C28H29N5O4. The van der Waals surface area contributed by atoms with Crippen molar-refractivity contribution in [3.8, 4) is 11.8 Å². The molecule has 0 bridgehead atoms. The van der Waals surface area contributed by atoms with Crippen molar-refractivity contribution in [1.29, 1.82) is 5.26 Å². The van der Waals surface area contributed by atoms with Gasteiger partial charge in [-0.3, -0.25) is 14.4 Å². The number of benzene rings is 2. The summed E-state index contributed by atoms with van der Waals surface area (Å²) in [6, 6.07) is 18.8. The van der Waals surface area contributed by atoms with E-state index in [0.717, 1.165) is 10.9 Å². The standard InChI is InChI=1S/C28H29N5O4/c1-37-24-9-5-8-22-20(24)15-23(32-22)26(35)33-13-11-21(17-6-3-2-4-7-17)28(33,27(30)36)19(16-29)14-18-10-12-31-25(18)34/h2-9,15,18-19,21,32H,10-14H2,1H3,(H2,30,36)(H,31,34)/t18-,19-,21?,28?/m1/s1. The summed E-state index contributed by atoms with van der Waals surface area (Å²) >= 11 is 0. The Kier molecular flexibility index (Phi) is 6.34. The van der Waals surface area contributed by atoms with Crippen molar-refractivity contribution in [2.75, 3.05) is 20.2 Å². The van der Waals surface area contributed by atoms with Crippen LogP contribution in [-0.2, 0) is 9.59 Å². The molecule has 3 aromatic rings. The molecule has 3 heterocycles. The van der Waals surface area contributed by atoms with Gasteiger partial charge in [-0.15, -0.1) is 0 Å². The average molecular weight is 500 g/mol. The number of ether oxygens (including phenoxy) is 1. The van der Waals surface area contributed by atoms with Crippen LogP contribution in [0.25, 0.3) is 10.9 Å². The zero-order chi connectivity index (χ0) is 26.2. The molecule has 2 aromatic carbocycles. The zero-order valence-corrected chi connectivity index (χ0v) is 20.6. The van der Waals surface area contributed by atoms with Crippen LogP contribution in [0.15, 0.2) is 54.6 Å². The van der Waals surface area contributed by atoms with Gasteiger partial charge in [-0.25, -0.2) is 0 Å². The highest BCUT2D eigenvalue weighted by Crippen LogP contribution is 2.49. The minimum atomic E-state index is -1.63. The number of nitrogens with one attached hydrogen (secondary N) is 2. The Bertz CT molecular complexity index is 1390. The van der Waals surface area contributed by atoms with Gasteiger partial charge in [-0.2, -0.15) is 5.26 Å². The van der Waals surface area contributed by atoms with Crippen molar-refractivity contribution in [1.82, 2.24) is 15.2 Å². The first-order valence-corrected chi connectivity index (χ1v) is 12.4. The second-order valence-electron chi connectivity index (χ2n) is 9.70. The molecule has 2 aliphatic heterocycles. The first-order chi connectivity index (χ1) is 17.9. The van der Waals surface area contributed by atoms with E-state index < -0.39 is 35.1 Å². The Morgan fingerprint density at radius 2 is 2.00 bits per heavy atom. The van der Waals surface area contributed by atoms with Crippen LogP contribution in [0, 0.1) is 23.2 Å². The summed E-state index contributed by atoms with van der Waals surface area (Å²) < 4.78 is 5.44. The number of hydrogen-bond acceptors (Lipinski definition) is 5. The molecule has 1 aromatic heterocycles. The van der Waals surface area contributed by atoms with Crippen LogP contribution in [0.5, 0.6) is 5.75 Å². The number of carbonyl (C=O) groups is 3. The fraction of sp³-hybridized carbons (Fsp3) is 0.357. The third-order valence-corrected chi connectivity index (χ3v) is 7.91. The van der Waals surface area contributed by atoms with E-state index in [4.69, 9.17) is 10.5 Å².